The molecule has 1 nitrogen and oxygen atoms in total. The summed E-state index contributed by atoms with van der Waals surface area (Å²) in [5.41, 5.74) is 2.74. The lowest BCUT2D eigenvalue weighted by Gasteiger charge is -2.30. The van der Waals surface area contributed by atoms with E-state index in [0.717, 1.165) is 6.42 Å². The summed E-state index contributed by atoms with van der Waals surface area (Å²) in [6, 6.07) is 22.1. The zero-order valence-electron chi connectivity index (χ0n) is 12.6. The van der Waals surface area contributed by atoms with Gasteiger partial charge in [-0.2, -0.15) is 0 Å². The minimum absolute atomic E-state index is 0.569. The third-order valence-electron chi connectivity index (χ3n) is 3.92. The summed E-state index contributed by atoms with van der Waals surface area (Å²) in [4.78, 5) is 2.43. The van der Waals surface area contributed by atoms with Crippen molar-refractivity contribution < 1.29 is 0 Å². The van der Waals surface area contributed by atoms with E-state index in [1.807, 2.05) is 0 Å². The average molecular weight is 267 g/mol. The maximum atomic E-state index is 2.43. The lowest BCUT2D eigenvalue weighted by Crippen LogP contribution is -2.33. The molecule has 0 spiro atoms. The summed E-state index contributed by atoms with van der Waals surface area (Å²) in [6.07, 6.45) is 4.91. The van der Waals surface area contributed by atoms with Crippen LogP contribution in [0.1, 0.15) is 31.7 Å². The largest absolute Gasteiger partial charge is 0.371 e. The molecule has 0 N–H and O–H groups in total. The minimum atomic E-state index is 0.569. The molecule has 1 atom stereocenters. The van der Waals surface area contributed by atoms with Gasteiger partial charge in [-0.05, 0) is 30.5 Å². The zero-order valence-corrected chi connectivity index (χ0v) is 12.6. The molecule has 0 aliphatic heterocycles. The van der Waals surface area contributed by atoms with Gasteiger partial charge in [-0.1, -0.05) is 68.3 Å². The van der Waals surface area contributed by atoms with Gasteiger partial charge in [0.2, 0.25) is 0 Å². The normalized spacial score (nSPS) is 12.1. The smallest absolute Gasteiger partial charge is 0.0366 e. The van der Waals surface area contributed by atoms with E-state index in [1.165, 1.54) is 30.5 Å². The summed E-state index contributed by atoms with van der Waals surface area (Å²) in [6.45, 7) is 2.27. The SMILES string of the molecule is CCCCC(Cc1ccccc1)N(C)c1ccccc1. The summed E-state index contributed by atoms with van der Waals surface area (Å²) >= 11 is 0. The Bertz CT molecular complexity index is 478. The Morgan fingerprint density at radius 1 is 0.900 bits per heavy atom. The van der Waals surface area contributed by atoms with Crippen molar-refractivity contribution in [3.05, 3.63) is 66.2 Å². The number of para-hydroxylation sites is 1. The van der Waals surface area contributed by atoms with Crippen molar-refractivity contribution in [2.75, 3.05) is 11.9 Å². The van der Waals surface area contributed by atoms with Crippen LogP contribution in [-0.4, -0.2) is 13.1 Å². The topological polar surface area (TPSA) is 3.24 Å². The zero-order chi connectivity index (χ0) is 14.2. The summed E-state index contributed by atoms with van der Waals surface area (Å²) < 4.78 is 0. The highest BCUT2D eigenvalue weighted by molar-refractivity contribution is 5.46. The van der Waals surface area contributed by atoms with E-state index in [4.69, 9.17) is 0 Å². The standard InChI is InChI=1S/C19H25N/c1-3-4-13-19(16-17-11-7-5-8-12-17)20(2)18-14-9-6-10-15-18/h5-12,14-15,19H,3-4,13,16H2,1-2H3. The van der Waals surface area contributed by atoms with Crippen molar-refractivity contribution >= 4 is 5.69 Å². The molecule has 0 aliphatic rings. The minimum Gasteiger partial charge on any atom is -0.371 e. The van der Waals surface area contributed by atoms with Gasteiger partial charge in [-0.3, -0.25) is 0 Å². The fraction of sp³-hybridized carbons (Fsp3) is 0.368. The van der Waals surface area contributed by atoms with E-state index < -0.39 is 0 Å². The average Bonchev–Trinajstić information content (AvgIpc) is 2.52. The van der Waals surface area contributed by atoms with Crippen LogP contribution >= 0.6 is 0 Å². The maximum Gasteiger partial charge on any atom is 0.0366 e. The first-order valence-corrected chi connectivity index (χ1v) is 7.63. The van der Waals surface area contributed by atoms with Crippen LogP contribution in [0.2, 0.25) is 0 Å². The van der Waals surface area contributed by atoms with Crippen LogP contribution in [0.3, 0.4) is 0 Å². The molecule has 0 aliphatic carbocycles. The van der Waals surface area contributed by atoms with Gasteiger partial charge in [0.05, 0.1) is 0 Å². The predicted octanol–water partition coefficient (Wildman–Crippen LogP) is 4.92. The van der Waals surface area contributed by atoms with E-state index in [1.54, 1.807) is 0 Å². The molecule has 0 saturated heterocycles. The quantitative estimate of drug-likeness (QED) is 0.688. The molecule has 0 saturated carbocycles. The van der Waals surface area contributed by atoms with Gasteiger partial charge < -0.3 is 4.90 Å². The van der Waals surface area contributed by atoms with Crippen molar-refractivity contribution in [1.82, 2.24) is 0 Å². The maximum absolute atomic E-state index is 2.43. The number of likely N-dealkylation sites (N-methyl/N-ethyl adjacent to an activating group) is 1. The van der Waals surface area contributed by atoms with E-state index in [0.29, 0.717) is 6.04 Å². The Balaban J connectivity index is 2.10. The molecule has 0 radical (unpaired) electrons. The van der Waals surface area contributed by atoms with Crippen molar-refractivity contribution in [3.8, 4) is 0 Å². The van der Waals surface area contributed by atoms with Crippen LogP contribution in [0.15, 0.2) is 60.7 Å². The molecule has 0 aromatic heterocycles. The molecule has 1 heteroatoms. The summed E-state index contributed by atoms with van der Waals surface area (Å²) in [5, 5.41) is 0. The van der Waals surface area contributed by atoms with Crippen LogP contribution in [-0.2, 0) is 6.42 Å². The molecular weight excluding hydrogens is 242 g/mol. The fourth-order valence-electron chi connectivity index (χ4n) is 2.63. The van der Waals surface area contributed by atoms with Gasteiger partial charge in [-0.25, -0.2) is 0 Å². The molecule has 0 amide bonds. The van der Waals surface area contributed by atoms with E-state index >= 15 is 0 Å². The Morgan fingerprint density at radius 2 is 1.50 bits per heavy atom. The number of hydrogen-bond donors (Lipinski definition) is 0. The molecule has 20 heavy (non-hydrogen) atoms. The van der Waals surface area contributed by atoms with E-state index in [-0.39, 0.29) is 0 Å². The van der Waals surface area contributed by atoms with Gasteiger partial charge in [0.25, 0.3) is 0 Å². The molecule has 2 aromatic carbocycles. The third-order valence-corrected chi connectivity index (χ3v) is 3.92. The highest BCUT2D eigenvalue weighted by atomic mass is 15.1. The van der Waals surface area contributed by atoms with Gasteiger partial charge >= 0.3 is 0 Å². The molecule has 0 fully saturated rings. The Kier molecular flexibility index (Phi) is 5.67. The number of nitrogens with zero attached hydrogens (tertiary/aromatic N) is 1. The molecular formula is C19H25N. The second kappa shape index (κ2) is 7.74. The van der Waals surface area contributed by atoms with Crippen LogP contribution in [0.4, 0.5) is 5.69 Å². The lowest BCUT2D eigenvalue weighted by atomic mass is 9.99. The molecule has 2 rings (SSSR count). The Hall–Kier alpha value is -1.76. The molecule has 2 aromatic rings. The molecule has 0 heterocycles. The highest BCUT2D eigenvalue weighted by Gasteiger charge is 2.15. The van der Waals surface area contributed by atoms with Crippen LogP contribution < -0.4 is 4.90 Å². The molecule has 1 unspecified atom stereocenters. The third kappa shape index (κ3) is 4.12. The van der Waals surface area contributed by atoms with Gasteiger partial charge in [0.15, 0.2) is 0 Å². The predicted molar refractivity (Wildman–Crippen MR) is 88.3 cm³/mol. The molecule has 0 bridgehead atoms. The number of benzene rings is 2. The van der Waals surface area contributed by atoms with Gasteiger partial charge in [-0.15, -0.1) is 0 Å². The number of rotatable bonds is 7. The van der Waals surface area contributed by atoms with Crippen molar-refractivity contribution in [1.29, 1.82) is 0 Å². The number of hydrogen-bond acceptors (Lipinski definition) is 1. The van der Waals surface area contributed by atoms with Crippen LogP contribution in [0, 0.1) is 0 Å². The number of anilines is 1. The second-order valence-corrected chi connectivity index (χ2v) is 5.43. The van der Waals surface area contributed by atoms with Crippen molar-refractivity contribution in [3.63, 3.8) is 0 Å². The molecule has 106 valence electrons. The van der Waals surface area contributed by atoms with Gasteiger partial charge in [0, 0.05) is 18.8 Å². The fourth-order valence-corrected chi connectivity index (χ4v) is 2.63. The lowest BCUT2D eigenvalue weighted by molar-refractivity contribution is 0.548. The Morgan fingerprint density at radius 3 is 2.10 bits per heavy atom. The van der Waals surface area contributed by atoms with Crippen LogP contribution in [0.25, 0.3) is 0 Å². The number of unbranched alkanes of at least 4 members (excludes halogenated alkanes) is 1. The summed E-state index contributed by atoms with van der Waals surface area (Å²) in [5.74, 6) is 0. The van der Waals surface area contributed by atoms with Crippen molar-refractivity contribution in [2.45, 2.75) is 38.6 Å². The van der Waals surface area contributed by atoms with Crippen molar-refractivity contribution in [2.24, 2.45) is 0 Å². The monoisotopic (exact) mass is 267 g/mol. The highest BCUT2D eigenvalue weighted by Crippen LogP contribution is 2.20. The second-order valence-electron chi connectivity index (χ2n) is 5.43. The first-order chi connectivity index (χ1) is 9.81. The van der Waals surface area contributed by atoms with Gasteiger partial charge in [0.1, 0.15) is 0 Å². The van der Waals surface area contributed by atoms with E-state index in [9.17, 15) is 0 Å². The summed E-state index contributed by atoms with van der Waals surface area (Å²) in [7, 11) is 2.22. The van der Waals surface area contributed by atoms with Crippen LogP contribution in [0.5, 0.6) is 0 Å². The first-order valence-electron chi connectivity index (χ1n) is 7.63. The first kappa shape index (κ1) is 14.6. The Labute approximate surface area is 123 Å². The van der Waals surface area contributed by atoms with E-state index in [2.05, 4.69) is 79.5 Å².